The fraction of sp³-hybridized carbons (Fsp3) is 0.375. The van der Waals surface area contributed by atoms with Gasteiger partial charge in [-0.2, -0.15) is 0 Å². The van der Waals surface area contributed by atoms with E-state index in [2.05, 4.69) is 0 Å². The molecule has 30 heavy (non-hydrogen) atoms. The minimum atomic E-state index is -1.09. The van der Waals surface area contributed by atoms with Gasteiger partial charge in [0.1, 0.15) is 28.5 Å². The molecule has 0 amide bonds. The van der Waals surface area contributed by atoms with Crippen LogP contribution in [0.5, 0.6) is 17.2 Å². The van der Waals surface area contributed by atoms with Crippen molar-refractivity contribution >= 4 is 11.4 Å². The van der Waals surface area contributed by atoms with Crippen molar-refractivity contribution in [1.29, 1.82) is 0 Å². The van der Waals surface area contributed by atoms with Crippen molar-refractivity contribution in [2.24, 2.45) is 0 Å². The highest BCUT2D eigenvalue weighted by molar-refractivity contribution is 6.26. The quantitative estimate of drug-likeness (QED) is 0.688. The number of aryl methyl sites for hydroxylation is 1. The van der Waals surface area contributed by atoms with Crippen LogP contribution in [0.3, 0.4) is 0 Å². The number of benzene rings is 2. The molecule has 0 saturated heterocycles. The molecular weight excluding hydrogens is 387 g/mol. The van der Waals surface area contributed by atoms with E-state index < -0.39 is 17.0 Å². The minimum absolute atomic E-state index is 0.113. The Morgan fingerprint density at radius 3 is 2.37 bits per heavy atom. The highest BCUT2D eigenvalue weighted by atomic mass is 19.1. The van der Waals surface area contributed by atoms with Gasteiger partial charge in [-0.05, 0) is 69.5 Å². The number of ether oxygens (including phenoxy) is 3. The summed E-state index contributed by atoms with van der Waals surface area (Å²) in [5.41, 5.74) is -0.411. The second-order valence-corrected chi connectivity index (χ2v) is 8.25. The number of hydrogen-bond donors (Lipinski definition) is 1. The van der Waals surface area contributed by atoms with E-state index in [1.165, 1.54) is 25.3 Å². The zero-order valence-corrected chi connectivity index (χ0v) is 18.1. The molecule has 0 spiro atoms. The van der Waals surface area contributed by atoms with E-state index in [0.29, 0.717) is 23.5 Å². The summed E-state index contributed by atoms with van der Waals surface area (Å²) in [7, 11) is 1.43. The lowest BCUT2D eigenvalue weighted by Crippen LogP contribution is -2.49. The number of halogens is 1. The Morgan fingerprint density at radius 2 is 1.73 bits per heavy atom. The summed E-state index contributed by atoms with van der Waals surface area (Å²) in [6, 6.07) is 9.32. The standard InChI is InChI=1S/C24H27FO5/c1-7-14-8-10-16(29-18-11-9-15(25)12-19(18)28-6)13-17(14)20-21(26)23(2,3)30-24(4,5)22(20)27/h8-13,26H,7H2,1-6H3. The maximum atomic E-state index is 13.5. The Balaban J connectivity index is 2.13. The van der Waals surface area contributed by atoms with E-state index in [4.69, 9.17) is 14.2 Å². The molecule has 6 heteroatoms. The van der Waals surface area contributed by atoms with Crippen molar-refractivity contribution in [3.63, 3.8) is 0 Å². The van der Waals surface area contributed by atoms with Gasteiger partial charge < -0.3 is 19.3 Å². The molecule has 2 aromatic carbocycles. The largest absolute Gasteiger partial charge is 0.508 e. The Bertz CT molecular complexity index is 1020. The van der Waals surface area contributed by atoms with Crippen LogP contribution < -0.4 is 9.47 Å². The van der Waals surface area contributed by atoms with Crippen LogP contribution in [0.1, 0.15) is 45.7 Å². The summed E-state index contributed by atoms with van der Waals surface area (Å²) in [5.74, 6) is 0.174. The van der Waals surface area contributed by atoms with Gasteiger partial charge in [0.2, 0.25) is 0 Å². The smallest absolute Gasteiger partial charge is 0.198 e. The predicted molar refractivity (Wildman–Crippen MR) is 113 cm³/mol. The molecule has 1 aliphatic heterocycles. The normalized spacial score (nSPS) is 17.8. The Hall–Kier alpha value is -2.86. The summed E-state index contributed by atoms with van der Waals surface area (Å²) in [5, 5.41) is 10.9. The van der Waals surface area contributed by atoms with Crippen molar-refractivity contribution in [3.05, 3.63) is 59.1 Å². The summed E-state index contributed by atoms with van der Waals surface area (Å²) in [4.78, 5) is 13.2. The molecule has 0 fully saturated rings. The Kier molecular flexibility index (Phi) is 5.65. The van der Waals surface area contributed by atoms with Crippen LogP contribution in [0.25, 0.3) is 5.57 Å². The third kappa shape index (κ3) is 3.92. The van der Waals surface area contributed by atoms with Gasteiger partial charge in [0.25, 0.3) is 0 Å². The topological polar surface area (TPSA) is 65.0 Å². The third-order valence-electron chi connectivity index (χ3n) is 5.18. The van der Waals surface area contributed by atoms with E-state index in [0.717, 1.165) is 5.56 Å². The van der Waals surface area contributed by atoms with Crippen molar-refractivity contribution in [1.82, 2.24) is 0 Å². The first-order chi connectivity index (χ1) is 14.0. The fourth-order valence-electron chi connectivity index (χ4n) is 3.70. The molecule has 5 nitrogen and oxygen atoms in total. The van der Waals surface area contributed by atoms with Crippen molar-refractivity contribution in [2.75, 3.05) is 7.11 Å². The zero-order chi connectivity index (χ0) is 22.3. The van der Waals surface area contributed by atoms with Crippen molar-refractivity contribution in [2.45, 2.75) is 52.2 Å². The lowest BCUT2D eigenvalue weighted by Gasteiger charge is -2.40. The van der Waals surface area contributed by atoms with Crippen LogP contribution >= 0.6 is 0 Å². The van der Waals surface area contributed by atoms with Crippen LogP contribution in [0, 0.1) is 5.82 Å². The SMILES string of the molecule is CCc1ccc(Oc2ccc(F)cc2OC)cc1C1=C(O)C(C)(C)OC(C)(C)C1=O. The van der Waals surface area contributed by atoms with Crippen LogP contribution in [-0.2, 0) is 16.0 Å². The zero-order valence-electron chi connectivity index (χ0n) is 18.1. The highest BCUT2D eigenvalue weighted by Crippen LogP contribution is 2.42. The minimum Gasteiger partial charge on any atom is -0.508 e. The molecule has 1 heterocycles. The average molecular weight is 414 g/mol. The molecule has 0 unspecified atom stereocenters. The summed E-state index contributed by atoms with van der Waals surface area (Å²) in [6.45, 7) is 8.82. The van der Waals surface area contributed by atoms with Crippen LogP contribution in [0.4, 0.5) is 4.39 Å². The number of hydrogen-bond acceptors (Lipinski definition) is 5. The lowest BCUT2D eigenvalue weighted by molar-refractivity contribution is -0.158. The van der Waals surface area contributed by atoms with Crippen LogP contribution in [-0.4, -0.2) is 29.2 Å². The van der Waals surface area contributed by atoms with Gasteiger partial charge >= 0.3 is 0 Å². The van der Waals surface area contributed by atoms with E-state index in [9.17, 15) is 14.3 Å². The number of aliphatic hydroxyl groups excluding tert-OH is 1. The number of carbonyl (C=O) groups is 1. The Labute approximate surface area is 176 Å². The molecule has 0 bridgehead atoms. The van der Waals surface area contributed by atoms with Gasteiger partial charge in [-0.3, -0.25) is 4.79 Å². The van der Waals surface area contributed by atoms with Gasteiger partial charge in [0, 0.05) is 6.07 Å². The van der Waals surface area contributed by atoms with Gasteiger partial charge in [0.05, 0.1) is 12.7 Å². The summed E-state index contributed by atoms with van der Waals surface area (Å²) < 4.78 is 30.4. The molecule has 1 aliphatic rings. The molecule has 0 atom stereocenters. The lowest BCUT2D eigenvalue weighted by atomic mass is 9.81. The molecule has 160 valence electrons. The molecule has 0 saturated carbocycles. The van der Waals surface area contributed by atoms with Crippen molar-refractivity contribution < 1.29 is 28.5 Å². The fourth-order valence-corrected chi connectivity index (χ4v) is 3.70. The first kappa shape index (κ1) is 21.8. The summed E-state index contributed by atoms with van der Waals surface area (Å²) in [6.07, 6.45) is 0.654. The third-order valence-corrected chi connectivity index (χ3v) is 5.18. The molecule has 1 N–H and O–H groups in total. The second kappa shape index (κ2) is 7.76. The first-order valence-electron chi connectivity index (χ1n) is 9.83. The average Bonchev–Trinajstić information content (AvgIpc) is 2.68. The molecule has 0 aliphatic carbocycles. The number of methoxy groups -OCH3 is 1. The molecular formula is C24H27FO5. The highest BCUT2D eigenvalue weighted by Gasteiger charge is 2.47. The number of Topliss-reactive ketones (excluding diaryl/α,β-unsaturated/α-hetero) is 1. The number of aliphatic hydroxyl groups is 1. The second-order valence-electron chi connectivity index (χ2n) is 8.25. The van der Waals surface area contributed by atoms with E-state index in [1.54, 1.807) is 39.8 Å². The predicted octanol–water partition coefficient (Wildman–Crippen LogP) is 5.61. The Morgan fingerprint density at radius 1 is 1.03 bits per heavy atom. The van der Waals surface area contributed by atoms with Crippen molar-refractivity contribution in [3.8, 4) is 17.2 Å². The maximum absolute atomic E-state index is 13.5. The van der Waals surface area contributed by atoms with Gasteiger partial charge in [0.15, 0.2) is 17.3 Å². The molecule has 3 rings (SSSR count). The molecule has 2 aromatic rings. The monoisotopic (exact) mass is 414 g/mol. The van der Waals surface area contributed by atoms with E-state index in [1.807, 2.05) is 13.0 Å². The van der Waals surface area contributed by atoms with E-state index >= 15 is 0 Å². The summed E-state index contributed by atoms with van der Waals surface area (Å²) >= 11 is 0. The number of ketones is 1. The first-order valence-corrected chi connectivity index (χ1v) is 9.83. The van der Waals surface area contributed by atoms with Gasteiger partial charge in [-0.25, -0.2) is 4.39 Å². The van der Waals surface area contributed by atoms with Crippen LogP contribution in [0.15, 0.2) is 42.2 Å². The maximum Gasteiger partial charge on any atom is 0.198 e. The van der Waals surface area contributed by atoms with E-state index in [-0.39, 0.29) is 22.9 Å². The number of carbonyl (C=O) groups excluding carboxylic acids is 1. The number of rotatable bonds is 5. The van der Waals surface area contributed by atoms with Gasteiger partial charge in [-0.15, -0.1) is 0 Å². The van der Waals surface area contributed by atoms with Gasteiger partial charge in [-0.1, -0.05) is 13.0 Å². The van der Waals surface area contributed by atoms with Crippen LogP contribution in [0.2, 0.25) is 0 Å². The molecule has 0 radical (unpaired) electrons. The molecule has 0 aromatic heterocycles.